The zero-order valence-electron chi connectivity index (χ0n) is 17.2. The van der Waals surface area contributed by atoms with E-state index in [0.29, 0.717) is 18.7 Å². The second-order valence-electron chi connectivity index (χ2n) is 7.67. The van der Waals surface area contributed by atoms with E-state index in [2.05, 4.69) is 44.8 Å². The lowest BCUT2D eigenvalue weighted by Crippen LogP contribution is -2.22. The van der Waals surface area contributed by atoms with Crippen LogP contribution >= 0.6 is 0 Å². The minimum atomic E-state index is -0.0786. The van der Waals surface area contributed by atoms with Gasteiger partial charge in [0.2, 0.25) is 0 Å². The minimum absolute atomic E-state index is 0.0786. The Labute approximate surface area is 176 Å². The topological polar surface area (TPSA) is 63.1 Å². The van der Waals surface area contributed by atoms with Gasteiger partial charge in [0.05, 0.1) is 12.1 Å². The molecule has 152 valence electrons. The molecule has 30 heavy (non-hydrogen) atoms. The zero-order chi connectivity index (χ0) is 20.9. The Morgan fingerprint density at radius 1 is 0.900 bits per heavy atom. The molecule has 1 amide bonds. The van der Waals surface area contributed by atoms with E-state index in [1.807, 2.05) is 67.3 Å². The van der Waals surface area contributed by atoms with Crippen molar-refractivity contribution in [2.45, 2.75) is 19.6 Å². The number of carbonyl (C=O) groups is 1. The predicted octanol–water partition coefficient (Wildman–Crippen LogP) is 3.47. The van der Waals surface area contributed by atoms with Crippen molar-refractivity contribution >= 4 is 16.9 Å². The molecule has 0 radical (unpaired) electrons. The molecule has 0 aliphatic rings. The molecular weight excluding hydrogens is 374 g/mol. The molecule has 6 heteroatoms. The summed E-state index contributed by atoms with van der Waals surface area (Å²) in [5.74, 6) is -0.0786. The van der Waals surface area contributed by atoms with Crippen LogP contribution in [0, 0.1) is 0 Å². The molecule has 6 nitrogen and oxygen atoms in total. The van der Waals surface area contributed by atoms with Gasteiger partial charge >= 0.3 is 0 Å². The molecule has 1 aromatic heterocycles. The molecular formula is C24H25N5O. The molecule has 0 spiro atoms. The lowest BCUT2D eigenvalue weighted by Gasteiger charge is -2.10. The van der Waals surface area contributed by atoms with Crippen molar-refractivity contribution in [3.63, 3.8) is 0 Å². The van der Waals surface area contributed by atoms with Crippen LogP contribution in [-0.2, 0) is 19.6 Å². The van der Waals surface area contributed by atoms with Crippen molar-refractivity contribution in [1.82, 2.24) is 25.2 Å². The number of rotatable bonds is 7. The summed E-state index contributed by atoms with van der Waals surface area (Å²) in [6.45, 7) is 2.03. The molecule has 0 unspecified atom stereocenters. The molecule has 1 N–H and O–H groups in total. The third kappa shape index (κ3) is 4.72. The molecule has 1 heterocycles. The molecule has 4 aromatic rings. The molecule has 0 saturated carbocycles. The van der Waals surface area contributed by atoms with Gasteiger partial charge in [-0.1, -0.05) is 53.7 Å². The highest BCUT2D eigenvalue weighted by molar-refractivity contribution is 5.94. The maximum Gasteiger partial charge on any atom is 0.251 e. The number of fused-ring (bicyclic) bond motifs is 1. The third-order valence-corrected chi connectivity index (χ3v) is 4.94. The second kappa shape index (κ2) is 8.88. The van der Waals surface area contributed by atoms with Crippen molar-refractivity contribution in [2.24, 2.45) is 0 Å². The van der Waals surface area contributed by atoms with E-state index >= 15 is 0 Å². The van der Waals surface area contributed by atoms with Gasteiger partial charge in [0, 0.05) is 18.7 Å². The van der Waals surface area contributed by atoms with Gasteiger partial charge in [-0.3, -0.25) is 4.79 Å². The van der Waals surface area contributed by atoms with E-state index in [1.54, 1.807) is 0 Å². The first-order valence-electron chi connectivity index (χ1n) is 9.96. The number of nitrogens with one attached hydrogen (secondary N) is 1. The monoisotopic (exact) mass is 399 g/mol. The highest BCUT2D eigenvalue weighted by Crippen LogP contribution is 2.13. The first kappa shape index (κ1) is 19.8. The molecule has 0 atom stereocenters. The second-order valence-corrected chi connectivity index (χ2v) is 7.67. The van der Waals surface area contributed by atoms with E-state index < -0.39 is 0 Å². The van der Waals surface area contributed by atoms with Crippen molar-refractivity contribution in [1.29, 1.82) is 0 Å². The SMILES string of the molecule is CN(C)Cc1ccc(CNC(=O)c2ccc(Cn3nnc4ccccc43)cc2)cc1. The van der Waals surface area contributed by atoms with Gasteiger partial charge in [0.15, 0.2) is 0 Å². The fourth-order valence-electron chi connectivity index (χ4n) is 3.38. The van der Waals surface area contributed by atoms with E-state index in [4.69, 9.17) is 0 Å². The first-order chi connectivity index (χ1) is 14.6. The molecule has 0 saturated heterocycles. The summed E-state index contributed by atoms with van der Waals surface area (Å²) in [4.78, 5) is 14.6. The molecule has 0 bridgehead atoms. The van der Waals surface area contributed by atoms with E-state index in [-0.39, 0.29) is 5.91 Å². The van der Waals surface area contributed by atoms with Crippen LogP contribution in [0.2, 0.25) is 0 Å². The average Bonchev–Trinajstić information content (AvgIpc) is 3.16. The van der Waals surface area contributed by atoms with Crippen molar-refractivity contribution < 1.29 is 4.79 Å². The fourth-order valence-corrected chi connectivity index (χ4v) is 3.38. The van der Waals surface area contributed by atoms with Gasteiger partial charge in [0.25, 0.3) is 5.91 Å². The first-order valence-corrected chi connectivity index (χ1v) is 9.96. The molecule has 0 fully saturated rings. The van der Waals surface area contributed by atoms with Crippen LogP contribution < -0.4 is 5.32 Å². The van der Waals surface area contributed by atoms with Crippen molar-refractivity contribution in [2.75, 3.05) is 14.1 Å². The number of benzene rings is 3. The predicted molar refractivity (Wildman–Crippen MR) is 118 cm³/mol. The van der Waals surface area contributed by atoms with Crippen molar-refractivity contribution in [3.05, 3.63) is 95.1 Å². The third-order valence-electron chi connectivity index (χ3n) is 4.94. The Morgan fingerprint density at radius 3 is 2.30 bits per heavy atom. The van der Waals surface area contributed by atoms with Crippen LogP contribution in [-0.4, -0.2) is 39.9 Å². The van der Waals surface area contributed by atoms with Gasteiger partial charge in [-0.25, -0.2) is 4.68 Å². The van der Waals surface area contributed by atoms with E-state index in [0.717, 1.165) is 28.7 Å². The van der Waals surface area contributed by atoms with Crippen LogP contribution in [0.3, 0.4) is 0 Å². The Bertz CT molecular complexity index is 1130. The highest BCUT2D eigenvalue weighted by Gasteiger charge is 2.08. The van der Waals surface area contributed by atoms with Gasteiger partial charge < -0.3 is 10.2 Å². The zero-order valence-corrected chi connectivity index (χ0v) is 17.2. The Morgan fingerprint density at radius 2 is 1.57 bits per heavy atom. The van der Waals surface area contributed by atoms with Crippen LogP contribution in [0.4, 0.5) is 0 Å². The summed E-state index contributed by atoms with van der Waals surface area (Å²) in [7, 11) is 4.10. The average molecular weight is 399 g/mol. The number of para-hydroxylation sites is 1. The number of hydrogen-bond acceptors (Lipinski definition) is 4. The summed E-state index contributed by atoms with van der Waals surface area (Å²) < 4.78 is 1.87. The summed E-state index contributed by atoms with van der Waals surface area (Å²) in [5, 5.41) is 11.4. The van der Waals surface area contributed by atoms with Gasteiger partial charge in [0.1, 0.15) is 5.52 Å². The largest absolute Gasteiger partial charge is 0.348 e. The van der Waals surface area contributed by atoms with E-state index in [1.165, 1.54) is 5.56 Å². The Hall–Kier alpha value is -3.51. The summed E-state index contributed by atoms with van der Waals surface area (Å²) in [6, 6.07) is 23.8. The highest BCUT2D eigenvalue weighted by atomic mass is 16.1. The number of amides is 1. The van der Waals surface area contributed by atoms with Gasteiger partial charge in [-0.15, -0.1) is 5.10 Å². The van der Waals surface area contributed by atoms with Crippen LogP contribution in [0.15, 0.2) is 72.8 Å². The van der Waals surface area contributed by atoms with Gasteiger partial charge in [-0.2, -0.15) is 0 Å². The van der Waals surface area contributed by atoms with Crippen LogP contribution in [0.5, 0.6) is 0 Å². The number of carbonyl (C=O) groups excluding carboxylic acids is 1. The quantitative estimate of drug-likeness (QED) is 0.517. The Kier molecular flexibility index (Phi) is 5.86. The lowest BCUT2D eigenvalue weighted by atomic mass is 10.1. The molecule has 0 aliphatic heterocycles. The summed E-state index contributed by atoms with van der Waals surface area (Å²) in [6.07, 6.45) is 0. The molecule has 0 aliphatic carbocycles. The Balaban J connectivity index is 1.35. The lowest BCUT2D eigenvalue weighted by molar-refractivity contribution is 0.0951. The van der Waals surface area contributed by atoms with Crippen molar-refractivity contribution in [3.8, 4) is 0 Å². The molecule has 3 aromatic carbocycles. The standard InChI is InChI=1S/C24H25N5O/c1-28(2)16-19-9-7-18(8-10-19)15-25-24(30)21-13-11-20(12-14-21)17-29-23-6-4-3-5-22(23)26-27-29/h3-14H,15-17H2,1-2H3,(H,25,30). The number of nitrogens with zero attached hydrogens (tertiary/aromatic N) is 4. The van der Waals surface area contributed by atoms with Gasteiger partial charge in [-0.05, 0) is 55.1 Å². The van der Waals surface area contributed by atoms with Crippen LogP contribution in [0.1, 0.15) is 27.0 Å². The maximum atomic E-state index is 12.5. The fraction of sp³-hybridized carbons (Fsp3) is 0.208. The normalized spacial score (nSPS) is 11.2. The van der Waals surface area contributed by atoms with E-state index in [9.17, 15) is 4.79 Å². The minimum Gasteiger partial charge on any atom is -0.348 e. The number of aromatic nitrogens is 3. The summed E-state index contributed by atoms with van der Waals surface area (Å²) >= 11 is 0. The van der Waals surface area contributed by atoms with Crippen LogP contribution in [0.25, 0.3) is 11.0 Å². The smallest absolute Gasteiger partial charge is 0.251 e. The molecule has 4 rings (SSSR count). The summed E-state index contributed by atoms with van der Waals surface area (Å²) in [5.41, 5.74) is 5.93. The maximum absolute atomic E-state index is 12.5. The number of hydrogen-bond donors (Lipinski definition) is 1.